The van der Waals surface area contributed by atoms with Crippen LogP contribution >= 0.6 is 11.6 Å². The molecule has 0 saturated heterocycles. The molecule has 1 aromatic rings. The third-order valence-electron chi connectivity index (χ3n) is 2.82. The summed E-state index contributed by atoms with van der Waals surface area (Å²) in [5.41, 5.74) is 1.73. The first kappa shape index (κ1) is 13.5. The van der Waals surface area contributed by atoms with Gasteiger partial charge in [0.1, 0.15) is 0 Å². The van der Waals surface area contributed by atoms with Gasteiger partial charge < -0.3 is 9.84 Å². The van der Waals surface area contributed by atoms with Crippen LogP contribution in [0.3, 0.4) is 0 Å². The Morgan fingerprint density at radius 2 is 2.19 bits per heavy atom. The Balaban J connectivity index is 2.84. The third-order valence-corrected chi connectivity index (χ3v) is 3.26. The Labute approximate surface area is 101 Å². The highest BCUT2D eigenvalue weighted by Crippen LogP contribution is 2.22. The van der Waals surface area contributed by atoms with Crippen molar-refractivity contribution in [2.75, 3.05) is 7.11 Å². The molecule has 92 valence electrons. The monoisotopic (exact) mass is 246 g/mol. The third kappa shape index (κ3) is 2.75. The summed E-state index contributed by atoms with van der Waals surface area (Å²) in [6.45, 7) is 3.84. The van der Waals surface area contributed by atoms with Crippen LogP contribution in [0.25, 0.3) is 0 Å². The summed E-state index contributed by atoms with van der Waals surface area (Å²) in [4.78, 5) is 0. The molecule has 1 heterocycles. The maximum Gasteiger partial charge on any atom is 0.0854 e. The molecule has 4 nitrogen and oxygen atoms in total. The Morgan fingerprint density at radius 1 is 1.56 bits per heavy atom. The van der Waals surface area contributed by atoms with Gasteiger partial charge in [-0.2, -0.15) is 5.10 Å². The van der Waals surface area contributed by atoms with Crippen LogP contribution in [0.15, 0.2) is 0 Å². The molecule has 0 fully saturated rings. The van der Waals surface area contributed by atoms with Gasteiger partial charge in [0.15, 0.2) is 0 Å². The van der Waals surface area contributed by atoms with Crippen LogP contribution in [0, 0.1) is 0 Å². The summed E-state index contributed by atoms with van der Waals surface area (Å²) in [6.07, 6.45) is 0.471. The van der Waals surface area contributed by atoms with Crippen molar-refractivity contribution in [1.29, 1.82) is 0 Å². The molecule has 0 aliphatic heterocycles. The second kappa shape index (κ2) is 5.66. The van der Waals surface area contributed by atoms with Crippen molar-refractivity contribution < 1.29 is 9.84 Å². The maximum atomic E-state index is 9.88. The van der Waals surface area contributed by atoms with Crippen LogP contribution in [-0.2, 0) is 24.6 Å². The van der Waals surface area contributed by atoms with Gasteiger partial charge in [0, 0.05) is 20.6 Å². The molecule has 0 bridgehead atoms. The summed E-state index contributed by atoms with van der Waals surface area (Å²) >= 11 is 6.19. The Morgan fingerprint density at radius 3 is 2.62 bits per heavy atom. The zero-order chi connectivity index (χ0) is 12.3. The zero-order valence-corrected chi connectivity index (χ0v) is 11.0. The first-order valence-electron chi connectivity index (χ1n) is 5.42. The first-order chi connectivity index (χ1) is 7.51. The SMILES string of the molecule is CCc1nn(C)c(CC(O)C(C)OC)c1Cl. The van der Waals surface area contributed by atoms with Gasteiger partial charge in [0.2, 0.25) is 0 Å². The molecule has 1 rings (SSSR count). The number of rotatable bonds is 5. The van der Waals surface area contributed by atoms with Crippen molar-refractivity contribution in [2.45, 2.75) is 38.9 Å². The minimum absolute atomic E-state index is 0.212. The highest BCUT2D eigenvalue weighted by molar-refractivity contribution is 6.31. The second-order valence-electron chi connectivity index (χ2n) is 3.90. The van der Waals surface area contributed by atoms with E-state index in [-0.39, 0.29) is 6.10 Å². The predicted octanol–water partition coefficient (Wildman–Crippen LogP) is 1.57. The lowest BCUT2D eigenvalue weighted by Gasteiger charge is -2.17. The fourth-order valence-electron chi connectivity index (χ4n) is 1.56. The number of halogens is 1. The molecular formula is C11H19ClN2O2. The summed E-state index contributed by atoms with van der Waals surface area (Å²) in [5, 5.41) is 14.8. The molecule has 0 aromatic carbocycles. The number of ether oxygens (including phenoxy) is 1. The molecule has 5 heteroatoms. The van der Waals surface area contributed by atoms with Gasteiger partial charge in [0.25, 0.3) is 0 Å². The molecule has 1 N–H and O–H groups in total. The average molecular weight is 247 g/mol. The van der Waals surface area contributed by atoms with Crippen molar-refractivity contribution in [2.24, 2.45) is 7.05 Å². The second-order valence-corrected chi connectivity index (χ2v) is 4.27. The molecule has 0 amide bonds. The number of nitrogens with zero attached hydrogens (tertiary/aromatic N) is 2. The van der Waals surface area contributed by atoms with E-state index in [1.807, 2.05) is 20.9 Å². The minimum Gasteiger partial charge on any atom is -0.390 e. The van der Waals surface area contributed by atoms with Crippen LogP contribution < -0.4 is 0 Å². The standard InChI is InChI=1S/C11H19ClN2O2/c1-5-8-11(12)9(14(3)13-8)6-10(15)7(2)16-4/h7,10,15H,5-6H2,1-4H3. The van der Waals surface area contributed by atoms with Crippen LogP contribution in [-0.4, -0.2) is 34.2 Å². The number of aliphatic hydroxyl groups excluding tert-OH is 1. The van der Waals surface area contributed by atoms with E-state index in [9.17, 15) is 5.11 Å². The molecule has 0 saturated carbocycles. The quantitative estimate of drug-likeness (QED) is 0.858. The van der Waals surface area contributed by atoms with E-state index in [0.29, 0.717) is 11.4 Å². The van der Waals surface area contributed by atoms with Crippen molar-refractivity contribution in [1.82, 2.24) is 9.78 Å². The van der Waals surface area contributed by atoms with E-state index in [1.165, 1.54) is 0 Å². The van der Waals surface area contributed by atoms with Crippen molar-refractivity contribution in [3.8, 4) is 0 Å². The van der Waals surface area contributed by atoms with E-state index >= 15 is 0 Å². The van der Waals surface area contributed by atoms with Gasteiger partial charge >= 0.3 is 0 Å². The highest BCUT2D eigenvalue weighted by atomic mass is 35.5. The molecule has 16 heavy (non-hydrogen) atoms. The van der Waals surface area contributed by atoms with E-state index in [0.717, 1.165) is 17.8 Å². The summed E-state index contributed by atoms with van der Waals surface area (Å²) in [5.74, 6) is 0. The largest absolute Gasteiger partial charge is 0.390 e. The molecule has 2 atom stereocenters. The Hall–Kier alpha value is -0.580. The topological polar surface area (TPSA) is 47.3 Å². The van der Waals surface area contributed by atoms with E-state index in [4.69, 9.17) is 16.3 Å². The molecule has 0 aliphatic rings. The first-order valence-corrected chi connectivity index (χ1v) is 5.80. The van der Waals surface area contributed by atoms with Crippen LogP contribution in [0.4, 0.5) is 0 Å². The average Bonchev–Trinajstić information content (AvgIpc) is 2.55. The van der Waals surface area contributed by atoms with Crippen molar-refractivity contribution in [3.63, 3.8) is 0 Å². The lowest BCUT2D eigenvalue weighted by Crippen LogP contribution is -2.27. The normalized spacial score (nSPS) is 15.1. The number of aliphatic hydroxyl groups is 1. The minimum atomic E-state index is -0.567. The number of methoxy groups -OCH3 is 1. The molecule has 1 aromatic heterocycles. The molecule has 0 radical (unpaired) electrons. The van der Waals surface area contributed by atoms with Crippen molar-refractivity contribution in [3.05, 3.63) is 16.4 Å². The van der Waals surface area contributed by atoms with E-state index < -0.39 is 6.10 Å². The van der Waals surface area contributed by atoms with Gasteiger partial charge in [-0.3, -0.25) is 4.68 Å². The number of aromatic nitrogens is 2. The number of hydrogen-bond donors (Lipinski definition) is 1. The van der Waals surface area contributed by atoms with E-state index in [2.05, 4.69) is 5.10 Å². The summed E-state index contributed by atoms with van der Waals surface area (Å²) in [7, 11) is 3.42. The van der Waals surface area contributed by atoms with Gasteiger partial charge in [-0.05, 0) is 13.3 Å². The lowest BCUT2D eigenvalue weighted by atomic mass is 10.1. The van der Waals surface area contributed by atoms with Crippen LogP contribution in [0.1, 0.15) is 25.2 Å². The van der Waals surface area contributed by atoms with Gasteiger partial charge in [0.05, 0.1) is 28.6 Å². The van der Waals surface area contributed by atoms with Crippen LogP contribution in [0.2, 0.25) is 5.02 Å². The maximum absolute atomic E-state index is 9.88. The summed E-state index contributed by atoms with van der Waals surface area (Å²) in [6, 6.07) is 0. The zero-order valence-electron chi connectivity index (χ0n) is 10.2. The van der Waals surface area contributed by atoms with Crippen molar-refractivity contribution >= 4 is 11.6 Å². The van der Waals surface area contributed by atoms with Crippen LogP contribution in [0.5, 0.6) is 0 Å². The number of hydrogen-bond acceptors (Lipinski definition) is 3. The molecule has 0 aliphatic carbocycles. The van der Waals surface area contributed by atoms with Gasteiger partial charge in [-0.25, -0.2) is 0 Å². The van der Waals surface area contributed by atoms with Gasteiger partial charge in [-0.1, -0.05) is 18.5 Å². The van der Waals surface area contributed by atoms with E-state index in [1.54, 1.807) is 11.8 Å². The van der Waals surface area contributed by atoms with Gasteiger partial charge in [-0.15, -0.1) is 0 Å². The predicted molar refractivity (Wildman–Crippen MR) is 63.8 cm³/mol. The summed E-state index contributed by atoms with van der Waals surface area (Å²) < 4.78 is 6.80. The fraction of sp³-hybridized carbons (Fsp3) is 0.727. The fourth-order valence-corrected chi connectivity index (χ4v) is 1.93. The Bertz CT molecular complexity index is 352. The molecule has 0 spiro atoms. The smallest absolute Gasteiger partial charge is 0.0854 e. The lowest BCUT2D eigenvalue weighted by molar-refractivity contribution is -0.000423. The molecular weight excluding hydrogens is 228 g/mol. The number of aryl methyl sites for hydroxylation is 2. The highest BCUT2D eigenvalue weighted by Gasteiger charge is 2.20. The Kier molecular flexibility index (Phi) is 4.77. The molecule has 2 unspecified atom stereocenters.